The van der Waals surface area contributed by atoms with E-state index >= 15 is 0 Å². The molecule has 0 aromatic heterocycles. The maximum absolute atomic E-state index is 13.1. The van der Waals surface area contributed by atoms with E-state index in [1.165, 1.54) is 19.2 Å². The summed E-state index contributed by atoms with van der Waals surface area (Å²) >= 11 is 0. The fourth-order valence-electron chi connectivity index (χ4n) is 2.70. The molecule has 24 heavy (non-hydrogen) atoms. The summed E-state index contributed by atoms with van der Waals surface area (Å²) in [7, 11) is 1.31. The van der Waals surface area contributed by atoms with Crippen molar-refractivity contribution in [2.45, 2.75) is 13.0 Å². The van der Waals surface area contributed by atoms with Crippen molar-refractivity contribution in [3.63, 3.8) is 0 Å². The van der Waals surface area contributed by atoms with Crippen LogP contribution in [0.1, 0.15) is 22.3 Å². The number of carbonyl (C=O) groups is 2. The first kappa shape index (κ1) is 16.0. The molecule has 1 aliphatic rings. The number of rotatable bonds is 3. The van der Waals surface area contributed by atoms with Crippen molar-refractivity contribution < 1.29 is 18.7 Å². The number of esters is 1. The highest BCUT2D eigenvalue weighted by atomic mass is 19.1. The Labute approximate surface area is 139 Å². The minimum Gasteiger partial charge on any atom is -0.465 e. The molecule has 2 aromatic rings. The molecule has 0 unspecified atom stereocenters. The molecular weight excluding hydrogens is 311 g/mol. The van der Waals surface area contributed by atoms with Gasteiger partial charge in [0.05, 0.1) is 24.0 Å². The number of halogens is 1. The molecule has 1 N–H and O–H groups in total. The van der Waals surface area contributed by atoms with Crippen molar-refractivity contribution in [1.29, 1.82) is 0 Å². The normalized spacial score (nSPS) is 13.8. The van der Waals surface area contributed by atoms with Crippen molar-refractivity contribution in [3.8, 4) is 0 Å². The number of anilines is 2. The summed E-state index contributed by atoms with van der Waals surface area (Å²) in [5.74, 6) is -0.851. The predicted molar refractivity (Wildman–Crippen MR) is 88.5 cm³/mol. The van der Waals surface area contributed by atoms with Gasteiger partial charge >= 0.3 is 5.97 Å². The first-order valence-electron chi connectivity index (χ1n) is 7.58. The fraction of sp³-hybridized carbons (Fsp3) is 0.222. The minimum absolute atomic E-state index is 0.111. The van der Waals surface area contributed by atoms with Gasteiger partial charge in [-0.3, -0.25) is 4.79 Å². The highest BCUT2D eigenvalue weighted by molar-refractivity contribution is 5.99. The maximum Gasteiger partial charge on any atom is 0.337 e. The molecule has 1 aliphatic heterocycles. The van der Waals surface area contributed by atoms with Crippen LogP contribution in [0, 0.1) is 5.82 Å². The smallest absolute Gasteiger partial charge is 0.337 e. The van der Waals surface area contributed by atoms with E-state index in [4.69, 9.17) is 4.74 Å². The number of ether oxygens (including phenoxy) is 1. The summed E-state index contributed by atoms with van der Waals surface area (Å²) in [6.45, 7) is 1.08. The van der Waals surface area contributed by atoms with Gasteiger partial charge in [0.1, 0.15) is 5.82 Å². The Kier molecular flexibility index (Phi) is 4.46. The van der Waals surface area contributed by atoms with Gasteiger partial charge in [-0.2, -0.15) is 0 Å². The van der Waals surface area contributed by atoms with Gasteiger partial charge in [0, 0.05) is 19.5 Å². The van der Waals surface area contributed by atoms with E-state index in [1.54, 1.807) is 30.3 Å². The Hall–Kier alpha value is -2.89. The molecule has 0 radical (unpaired) electrons. The lowest BCUT2D eigenvalue weighted by Crippen LogP contribution is -2.24. The van der Waals surface area contributed by atoms with E-state index in [-0.39, 0.29) is 11.7 Å². The Morgan fingerprint density at radius 1 is 1.25 bits per heavy atom. The van der Waals surface area contributed by atoms with E-state index in [0.29, 0.717) is 30.8 Å². The Balaban J connectivity index is 1.93. The molecule has 0 saturated heterocycles. The highest BCUT2D eigenvalue weighted by Crippen LogP contribution is 2.31. The number of amides is 1. The van der Waals surface area contributed by atoms with Crippen LogP contribution in [0.5, 0.6) is 0 Å². The Bertz CT molecular complexity index is 774. The third-order valence-electron chi connectivity index (χ3n) is 3.93. The molecule has 6 heteroatoms. The lowest BCUT2D eigenvalue weighted by Gasteiger charge is -2.24. The average molecular weight is 328 g/mol. The molecule has 3 rings (SSSR count). The molecule has 0 aliphatic carbocycles. The van der Waals surface area contributed by atoms with Gasteiger partial charge in [-0.15, -0.1) is 0 Å². The zero-order chi connectivity index (χ0) is 17.1. The van der Waals surface area contributed by atoms with Gasteiger partial charge in [-0.1, -0.05) is 12.1 Å². The van der Waals surface area contributed by atoms with Crippen LogP contribution in [0.3, 0.4) is 0 Å². The molecular formula is C18H17FN2O3. The third kappa shape index (κ3) is 3.37. The molecule has 0 atom stereocenters. The van der Waals surface area contributed by atoms with Gasteiger partial charge in [-0.25, -0.2) is 9.18 Å². The van der Waals surface area contributed by atoms with E-state index in [1.807, 2.05) is 4.90 Å². The standard InChI is InChI=1S/C18H17FN2O3/c1-24-18(23)13-4-7-16-15(10-13)20-17(22)8-9-21(16)11-12-2-5-14(19)6-3-12/h2-7,10H,8-9,11H2,1H3,(H,20,22). The van der Waals surface area contributed by atoms with Crippen LogP contribution in [0.15, 0.2) is 42.5 Å². The van der Waals surface area contributed by atoms with Crippen LogP contribution in [0.2, 0.25) is 0 Å². The van der Waals surface area contributed by atoms with E-state index < -0.39 is 5.97 Å². The van der Waals surface area contributed by atoms with Crippen molar-refractivity contribution >= 4 is 23.3 Å². The van der Waals surface area contributed by atoms with Crippen LogP contribution >= 0.6 is 0 Å². The second kappa shape index (κ2) is 6.70. The highest BCUT2D eigenvalue weighted by Gasteiger charge is 2.21. The zero-order valence-corrected chi connectivity index (χ0v) is 13.2. The van der Waals surface area contributed by atoms with E-state index in [0.717, 1.165) is 11.3 Å². The number of hydrogen-bond acceptors (Lipinski definition) is 4. The number of methoxy groups -OCH3 is 1. The van der Waals surface area contributed by atoms with Crippen LogP contribution in [0.25, 0.3) is 0 Å². The lowest BCUT2D eigenvalue weighted by atomic mass is 10.1. The number of fused-ring (bicyclic) bond motifs is 1. The van der Waals surface area contributed by atoms with Crippen LogP contribution < -0.4 is 10.2 Å². The summed E-state index contributed by atoms with van der Waals surface area (Å²) in [5.41, 5.74) is 2.70. The van der Waals surface area contributed by atoms with Gasteiger partial charge in [-0.05, 0) is 35.9 Å². The molecule has 0 bridgehead atoms. The first-order chi connectivity index (χ1) is 11.6. The SMILES string of the molecule is COC(=O)c1ccc2c(c1)NC(=O)CCN2Cc1ccc(F)cc1. The topological polar surface area (TPSA) is 58.6 Å². The molecule has 2 aromatic carbocycles. The summed E-state index contributed by atoms with van der Waals surface area (Å²) in [5, 5.41) is 2.82. The number of nitrogens with zero attached hydrogens (tertiary/aromatic N) is 1. The largest absolute Gasteiger partial charge is 0.465 e. The van der Waals surface area contributed by atoms with Gasteiger partial charge in [0.2, 0.25) is 5.91 Å². The molecule has 5 nitrogen and oxygen atoms in total. The van der Waals surface area contributed by atoms with E-state index in [9.17, 15) is 14.0 Å². The molecule has 1 heterocycles. The lowest BCUT2D eigenvalue weighted by molar-refractivity contribution is -0.115. The second-order valence-electron chi connectivity index (χ2n) is 5.57. The van der Waals surface area contributed by atoms with Gasteiger partial charge in [0.25, 0.3) is 0 Å². The third-order valence-corrected chi connectivity index (χ3v) is 3.93. The first-order valence-corrected chi connectivity index (χ1v) is 7.58. The summed E-state index contributed by atoms with van der Waals surface area (Å²) < 4.78 is 17.8. The molecule has 0 fully saturated rings. The Morgan fingerprint density at radius 3 is 2.71 bits per heavy atom. The summed E-state index contributed by atoms with van der Waals surface area (Å²) in [6, 6.07) is 11.3. The number of carbonyl (C=O) groups excluding carboxylic acids is 2. The average Bonchev–Trinajstić information content (AvgIpc) is 2.74. The number of benzene rings is 2. The molecule has 0 spiro atoms. The zero-order valence-electron chi connectivity index (χ0n) is 13.2. The maximum atomic E-state index is 13.1. The number of nitrogens with one attached hydrogen (secondary N) is 1. The quantitative estimate of drug-likeness (QED) is 0.880. The molecule has 1 amide bonds. The molecule has 0 saturated carbocycles. The Morgan fingerprint density at radius 2 is 2.00 bits per heavy atom. The van der Waals surface area contributed by atoms with Gasteiger partial charge in [0.15, 0.2) is 0 Å². The summed E-state index contributed by atoms with van der Waals surface area (Å²) in [4.78, 5) is 25.7. The predicted octanol–water partition coefficient (Wildman–Crippen LogP) is 2.96. The second-order valence-corrected chi connectivity index (χ2v) is 5.57. The number of hydrogen-bond donors (Lipinski definition) is 1. The summed E-state index contributed by atoms with van der Waals surface area (Å²) in [6.07, 6.45) is 0.337. The van der Waals surface area contributed by atoms with Crippen molar-refractivity contribution in [2.75, 3.05) is 23.9 Å². The van der Waals surface area contributed by atoms with Crippen molar-refractivity contribution in [2.24, 2.45) is 0 Å². The van der Waals surface area contributed by atoms with Crippen molar-refractivity contribution in [3.05, 3.63) is 59.4 Å². The monoisotopic (exact) mass is 328 g/mol. The van der Waals surface area contributed by atoms with Crippen LogP contribution in [0.4, 0.5) is 15.8 Å². The van der Waals surface area contributed by atoms with Crippen molar-refractivity contribution in [1.82, 2.24) is 0 Å². The molecule has 124 valence electrons. The fourth-order valence-corrected chi connectivity index (χ4v) is 2.70. The van der Waals surface area contributed by atoms with E-state index in [2.05, 4.69) is 5.32 Å². The minimum atomic E-state index is -0.457. The van der Waals surface area contributed by atoms with Gasteiger partial charge < -0.3 is 15.0 Å². The van der Waals surface area contributed by atoms with Crippen LogP contribution in [-0.4, -0.2) is 25.5 Å². The van der Waals surface area contributed by atoms with Crippen LogP contribution in [-0.2, 0) is 16.1 Å².